The zero-order valence-electron chi connectivity index (χ0n) is 23.8. The molecule has 6 fully saturated rings. The lowest BCUT2D eigenvalue weighted by atomic mass is 9.56. The predicted molar refractivity (Wildman–Crippen MR) is 144 cm³/mol. The van der Waals surface area contributed by atoms with Gasteiger partial charge in [0.25, 0.3) is 0 Å². The largest absolute Gasteiger partial charge is 0.369 e. The van der Waals surface area contributed by atoms with E-state index in [1.807, 2.05) is 0 Å². The topological polar surface area (TPSA) is 32.8 Å². The summed E-state index contributed by atoms with van der Waals surface area (Å²) >= 11 is 0. The first-order chi connectivity index (χ1) is 17.0. The van der Waals surface area contributed by atoms with Crippen molar-refractivity contribution >= 4 is 5.78 Å². The average Bonchev–Trinajstić information content (AvgIpc) is 3.16. The molecule has 3 unspecified atom stereocenters. The van der Waals surface area contributed by atoms with E-state index in [-0.39, 0.29) is 11.0 Å². The molecule has 2 spiro atoms. The molecule has 0 aromatic rings. The summed E-state index contributed by atoms with van der Waals surface area (Å²) in [6.45, 7) is 13.8. The summed E-state index contributed by atoms with van der Waals surface area (Å²) in [5.74, 6) is 4.26. The van der Waals surface area contributed by atoms with Crippen molar-refractivity contribution in [2.75, 3.05) is 33.7 Å². The van der Waals surface area contributed by atoms with E-state index in [2.05, 4.69) is 57.7 Å². The maximum Gasteiger partial charge on any atom is 0.155 e. The lowest BCUT2D eigenvalue weighted by Gasteiger charge is -2.50. The minimum atomic E-state index is 0.0643. The van der Waals surface area contributed by atoms with E-state index in [1.165, 1.54) is 63.6 Å². The molecular formula is C32H50N2O2. The molecule has 4 heteroatoms. The van der Waals surface area contributed by atoms with Crippen LogP contribution in [0.5, 0.6) is 0 Å². The lowest BCUT2D eigenvalue weighted by Crippen LogP contribution is -2.55. The molecule has 11 atom stereocenters. The first kappa shape index (κ1) is 24.3. The van der Waals surface area contributed by atoms with Gasteiger partial charge in [0.05, 0.1) is 11.7 Å². The number of likely N-dealkylation sites (N-methyl/N-ethyl adjacent to an activating group) is 1. The van der Waals surface area contributed by atoms with E-state index in [0.717, 1.165) is 43.1 Å². The molecule has 7 aliphatic rings. The van der Waals surface area contributed by atoms with Crippen molar-refractivity contribution < 1.29 is 9.53 Å². The molecule has 0 radical (unpaired) electrons. The van der Waals surface area contributed by atoms with E-state index in [0.29, 0.717) is 34.7 Å². The highest BCUT2D eigenvalue weighted by molar-refractivity contribution is 5.91. The number of piperidine rings is 1. The van der Waals surface area contributed by atoms with Crippen LogP contribution in [-0.4, -0.2) is 67.1 Å². The van der Waals surface area contributed by atoms with E-state index in [9.17, 15) is 4.79 Å². The number of fused-ring (bicyclic) bond motifs is 6. The average molecular weight is 495 g/mol. The van der Waals surface area contributed by atoms with Crippen LogP contribution in [0.15, 0.2) is 11.6 Å². The monoisotopic (exact) mass is 494 g/mol. The van der Waals surface area contributed by atoms with Gasteiger partial charge in [0, 0.05) is 43.4 Å². The highest BCUT2D eigenvalue weighted by Gasteiger charge is 2.84. The summed E-state index contributed by atoms with van der Waals surface area (Å²) in [5.41, 5.74) is 2.66. The summed E-state index contributed by atoms with van der Waals surface area (Å²) in [6, 6.07) is 0.590. The molecule has 0 N–H and O–H groups in total. The molecule has 200 valence electrons. The highest BCUT2D eigenvalue weighted by Crippen LogP contribution is 2.87. The summed E-state index contributed by atoms with van der Waals surface area (Å²) in [6.07, 6.45) is 13.5. The Balaban J connectivity index is 1.20. The van der Waals surface area contributed by atoms with Crippen molar-refractivity contribution in [2.45, 2.75) is 103 Å². The number of hydrogen-bond acceptors (Lipinski definition) is 4. The molecule has 2 saturated heterocycles. The van der Waals surface area contributed by atoms with Gasteiger partial charge in [-0.2, -0.15) is 0 Å². The second kappa shape index (κ2) is 7.69. The lowest BCUT2D eigenvalue weighted by molar-refractivity contribution is -0.148. The van der Waals surface area contributed by atoms with Crippen molar-refractivity contribution in [3.63, 3.8) is 0 Å². The predicted octanol–water partition coefficient (Wildman–Crippen LogP) is 5.56. The van der Waals surface area contributed by atoms with Crippen LogP contribution in [0.1, 0.15) is 85.5 Å². The number of ether oxygens (including phenoxy) is 1. The smallest absolute Gasteiger partial charge is 0.155 e. The Morgan fingerprint density at radius 3 is 2.69 bits per heavy atom. The van der Waals surface area contributed by atoms with Crippen LogP contribution in [0.2, 0.25) is 0 Å². The molecular weight excluding hydrogens is 444 g/mol. The quantitative estimate of drug-likeness (QED) is 0.514. The second-order valence-corrected chi connectivity index (χ2v) is 15.3. The Bertz CT molecular complexity index is 991. The number of nitrogens with zero attached hydrogens (tertiary/aromatic N) is 2. The van der Waals surface area contributed by atoms with Gasteiger partial charge < -0.3 is 9.64 Å². The highest BCUT2D eigenvalue weighted by atomic mass is 16.5. The number of carbonyl (C=O) groups is 1. The Morgan fingerprint density at radius 2 is 1.92 bits per heavy atom. The van der Waals surface area contributed by atoms with Crippen molar-refractivity contribution in [1.82, 2.24) is 9.80 Å². The summed E-state index contributed by atoms with van der Waals surface area (Å²) in [7, 11) is 4.42. The van der Waals surface area contributed by atoms with Crippen molar-refractivity contribution in [1.29, 1.82) is 0 Å². The zero-order valence-corrected chi connectivity index (χ0v) is 23.8. The van der Waals surface area contributed by atoms with Gasteiger partial charge in [0.1, 0.15) is 0 Å². The number of ketones is 1. The zero-order chi connectivity index (χ0) is 25.3. The van der Waals surface area contributed by atoms with Gasteiger partial charge in [0.15, 0.2) is 5.78 Å². The molecule has 0 aromatic heterocycles. The molecule has 4 saturated carbocycles. The maximum absolute atomic E-state index is 12.3. The summed E-state index contributed by atoms with van der Waals surface area (Å²) in [4.78, 5) is 17.5. The van der Waals surface area contributed by atoms with Crippen LogP contribution in [-0.2, 0) is 9.53 Å². The Hall–Kier alpha value is -0.710. The van der Waals surface area contributed by atoms with Gasteiger partial charge >= 0.3 is 0 Å². The molecule has 0 amide bonds. The van der Waals surface area contributed by atoms with Crippen LogP contribution < -0.4 is 0 Å². The molecule has 0 bridgehead atoms. The van der Waals surface area contributed by atoms with Crippen LogP contribution in [0, 0.1) is 45.8 Å². The standard InChI is InChI=1S/C32H50N2O2/c1-20-15-27-28(34(18-20)14-13-33(5)6)21(2)32(36-27)12-10-25-24-8-7-22-16-23(35)9-11-29(22,3)26(24)17-31(25)19-30(31,32)4/h16,20-21,24-28H,7-15,17-19H2,1-6H3/t20-,21+,24-,25-,26-,27+,28-,29-,30?,31?,32?/m0/s1. The van der Waals surface area contributed by atoms with Crippen LogP contribution in [0.25, 0.3) is 0 Å². The second-order valence-electron chi connectivity index (χ2n) is 15.3. The van der Waals surface area contributed by atoms with Crippen molar-refractivity contribution in [3.05, 3.63) is 11.6 Å². The molecule has 2 heterocycles. The third-order valence-electron chi connectivity index (χ3n) is 13.7. The van der Waals surface area contributed by atoms with E-state index in [4.69, 9.17) is 4.74 Å². The number of rotatable bonds is 3. The van der Waals surface area contributed by atoms with Gasteiger partial charge in [-0.25, -0.2) is 0 Å². The van der Waals surface area contributed by atoms with Gasteiger partial charge in [-0.05, 0) is 106 Å². The van der Waals surface area contributed by atoms with Gasteiger partial charge in [-0.3, -0.25) is 9.69 Å². The SMILES string of the molecule is C[C@H]1C[C@H]2OC3(CC[C@H]4[C@@H]5CCC6=CC(=O)CC[C@]6(C)[C@H]5CC45CC53C)[C@H](C)[C@@H]2N(CCN(C)C)C1. The fourth-order valence-electron chi connectivity index (χ4n) is 12.0. The molecule has 2 aliphatic heterocycles. The first-order valence-electron chi connectivity index (χ1n) is 15.4. The molecule has 5 aliphatic carbocycles. The van der Waals surface area contributed by atoms with E-state index < -0.39 is 0 Å². The Morgan fingerprint density at radius 1 is 1.11 bits per heavy atom. The molecule has 7 rings (SSSR count). The minimum absolute atomic E-state index is 0.0643. The Labute approximate surface area is 219 Å². The van der Waals surface area contributed by atoms with Crippen LogP contribution >= 0.6 is 0 Å². The fraction of sp³-hybridized carbons (Fsp3) is 0.906. The first-order valence-corrected chi connectivity index (χ1v) is 15.4. The number of carbonyl (C=O) groups excluding carboxylic acids is 1. The Kier molecular flexibility index (Phi) is 5.20. The van der Waals surface area contributed by atoms with E-state index in [1.54, 1.807) is 0 Å². The number of likely N-dealkylation sites (tertiary alicyclic amines) is 1. The molecule has 0 aromatic carbocycles. The van der Waals surface area contributed by atoms with Gasteiger partial charge in [-0.1, -0.05) is 33.3 Å². The third kappa shape index (κ3) is 2.91. The van der Waals surface area contributed by atoms with Gasteiger partial charge in [-0.15, -0.1) is 0 Å². The molecule has 36 heavy (non-hydrogen) atoms. The number of hydrogen-bond donors (Lipinski definition) is 0. The van der Waals surface area contributed by atoms with E-state index >= 15 is 0 Å². The van der Waals surface area contributed by atoms with Crippen molar-refractivity contribution in [2.24, 2.45) is 45.8 Å². The third-order valence-corrected chi connectivity index (χ3v) is 13.7. The number of allylic oxidation sites excluding steroid dienone is 2. The van der Waals surface area contributed by atoms with Crippen molar-refractivity contribution in [3.8, 4) is 0 Å². The van der Waals surface area contributed by atoms with Crippen LogP contribution in [0.4, 0.5) is 0 Å². The normalized spacial score (nSPS) is 55.6. The summed E-state index contributed by atoms with van der Waals surface area (Å²) in [5, 5.41) is 0. The van der Waals surface area contributed by atoms with Crippen LogP contribution in [0.3, 0.4) is 0 Å². The maximum atomic E-state index is 12.3. The molecule has 4 nitrogen and oxygen atoms in total. The summed E-state index contributed by atoms with van der Waals surface area (Å²) < 4.78 is 7.46. The fourth-order valence-corrected chi connectivity index (χ4v) is 12.0. The van der Waals surface area contributed by atoms with Gasteiger partial charge in [0.2, 0.25) is 0 Å². The minimum Gasteiger partial charge on any atom is -0.369 e.